The van der Waals surface area contributed by atoms with Crippen molar-refractivity contribution in [3.8, 4) is 0 Å². The summed E-state index contributed by atoms with van der Waals surface area (Å²) in [6, 6.07) is 10.3. The van der Waals surface area contributed by atoms with Crippen LogP contribution in [0.4, 0.5) is 11.4 Å². The smallest absolute Gasteiger partial charge is 0.311 e. The Morgan fingerprint density at radius 2 is 1.97 bits per heavy atom. The van der Waals surface area contributed by atoms with Gasteiger partial charge in [-0.3, -0.25) is 14.4 Å². The van der Waals surface area contributed by atoms with Crippen LogP contribution >= 0.6 is 39.1 Å². The van der Waals surface area contributed by atoms with Gasteiger partial charge in [0.15, 0.2) is 6.61 Å². The first-order valence-electron chi connectivity index (χ1n) is 8.74. The van der Waals surface area contributed by atoms with Gasteiger partial charge in [0.1, 0.15) is 0 Å². The lowest BCUT2D eigenvalue weighted by Crippen LogP contribution is -2.28. The Bertz CT molecular complexity index is 983. The highest BCUT2D eigenvalue weighted by Crippen LogP contribution is 2.32. The molecule has 1 fully saturated rings. The van der Waals surface area contributed by atoms with Gasteiger partial charge >= 0.3 is 5.97 Å². The molecule has 1 atom stereocenters. The summed E-state index contributed by atoms with van der Waals surface area (Å²) in [7, 11) is 0. The summed E-state index contributed by atoms with van der Waals surface area (Å²) < 4.78 is 5.83. The van der Waals surface area contributed by atoms with Crippen LogP contribution < -0.4 is 10.2 Å². The Hall–Kier alpha value is -2.09. The molecule has 1 aliphatic heterocycles. The third-order valence-electron chi connectivity index (χ3n) is 4.56. The topological polar surface area (TPSA) is 75.7 Å². The Kier molecular flexibility index (Phi) is 6.82. The number of amides is 2. The molecule has 0 bridgehead atoms. The third kappa shape index (κ3) is 4.91. The van der Waals surface area contributed by atoms with E-state index in [-0.39, 0.29) is 18.9 Å². The molecular weight excluding hydrogens is 483 g/mol. The van der Waals surface area contributed by atoms with Crippen molar-refractivity contribution in [3.05, 3.63) is 56.5 Å². The average molecular weight is 500 g/mol. The summed E-state index contributed by atoms with van der Waals surface area (Å²) in [5.41, 5.74) is 1.77. The monoisotopic (exact) mass is 498 g/mol. The van der Waals surface area contributed by atoms with Crippen molar-refractivity contribution in [2.45, 2.75) is 13.3 Å². The van der Waals surface area contributed by atoms with Crippen LogP contribution in [0.5, 0.6) is 0 Å². The van der Waals surface area contributed by atoms with Crippen molar-refractivity contribution in [3.63, 3.8) is 0 Å². The van der Waals surface area contributed by atoms with Gasteiger partial charge < -0.3 is 15.0 Å². The number of hydrogen-bond donors (Lipinski definition) is 1. The van der Waals surface area contributed by atoms with Gasteiger partial charge in [-0.1, -0.05) is 35.3 Å². The lowest BCUT2D eigenvalue weighted by molar-refractivity contribution is -0.151. The highest BCUT2D eigenvalue weighted by molar-refractivity contribution is 9.10. The minimum Gasteiger partial charge on any atom is -0.455 e. The lowest BCUT2D eigenvalue weighted by Gasteiger charge is -2.17. The van der Waals surface area contributed by atoms with Crippen LogP contribution in [0.3, 0.4) is 0 Å². The second-order valence-corrected chi connectivity index (χ2v) is 8.19. The molecule has 0 aliphatic carbocycles. The zero-order valence-electron chi connectivity index (χ0n) is 15.4. The van der Waals surface area contributed by atoms with Gasteiger partial charge in [0.05, 0.1) is 21.7 Å². The SMILES string of the molecule is Cc1c(NC(=O)COC(=O)[C@H]2CC(=O)N(c3ccccc3Cl)C2)ccc(Br)c1Cl. The molecule has 3 rings (SSSR count). The van der Waals surface area contributed by atoms with Crippen LogP contribution in [-0.4, -0.2) is 30.9 Å². The third-order valence-corrected chi connectivity index (χ3v) is 6.26. The van der Waals surface area contributed by atoms with Crippen LogP contribution in [0.15, 0.2) is 40.9 Å². The molecular formula is C20H17BrCl2N2O4. The number of nitrogens with zero attached hydrogens (tertiary/aromatic N) is 1. The molecule has 0 radical (unpaired) electrons. The zero-order chi connectivity index (χ0) is 21.1. The zero-order valence-corrected chi connectivity index (χ0v) is 18.5. The second-order valence-electron chi connectivity index (χ2n) is 6.55. The number of halogens is 3. The van der Waals surface area contributed by atoms with Crippen molar-refractivity contribution >= 4 is 68.3 Å². The second kappa shape index (κ2) is 9.15. The molecule has 1 heterocycles. The van der Waals surface area contributed by atoms with Crippen LogP contribution in [-0.2, 0) is 19.1 Å². The molecule has 2 amide bonds. The van der Waals surface area contributed by atoms with Gasteiger partial charge in [0.25, 0.3) is 5.91 Å². The van der Waals surface area contributed by atoms with Gasteiger partial charge in [-0.05, 0) is 52.7 Å². The summed E-state index contributed by atoms with van der Waals surface area (Å²) >= 11 is 15.6. The van der Waals surface area contributed by atoms with Gasteiger partial charge in [-0.15, -0.1) is 0 Å². The van der Waals surface area contributed by atoms with Crippen LogP contribution in [0.2, 0.25) is 10.0 Å². The van der Waals surface area contributed by atoms with Crippen molar-refractivity contribution in [2.24, 2.45) is 5.92 Å². The van der Waals surface area contributed by atoms with Gasteiger partial charge in [0, 0.05) is 23.1 Å². The fourth-order valence-electron chi connectivity index (χ4n) is 3.00. The maximum Gasteiger partial charge on any atom is 0.311 e. The van der Waals surface area contributed by atoms with Crippen molar-refractivity contribution in [1.29, 1.82) is 0 Å². The largest absolute Gasteiger partial charge is 0.455 e. The number of ether oxygens (including phenoxy) is 1. The van der Waals surface area contributed by atoms with Crippen LogP contribution in [0, 0.1) is 12.8 Å². The molecule has 0 spiro atoms. The molecule has 6 nitrogen and oxygen atoms in total. The molecule has 29 heavy (non-hydrogen) atoms. The van der Waals surface area contributed by atoms with E-state index >= 15 is 0 Å². The molecule has 2 aromatic carbocycles. The Morgan fingerprint density at radius 3 is 2.69 bits per heavy atom. The number of para-hydroxylation sites is 1. The summed E-state index contributed by atoms with van der Waals surface area (Å²) in [6.45, 7) is 1.47. The fourth-order valence-corrected chi connectivity index (χ4v) is 3.83. The fraction of sp³-hybridized carbons (Fsp3) is 0.250. The maximum absolute atomic E-state index is 12.3. The van der Waals surface area contributed by atoms with Gasteiger partial charge in [-0.25, -0.2) is 0 Å². The Labute approximate surface area is 186 Å². The Morgan fingerprint density at radius 1 is 1.24 bits per heavy atom. The molecule has 1 aliphatic rings. The van der Waals surface area contributed by atoms with E-state index in [0.717, 1.165) is 4.47 Å². The minimum absolute atomic E-state index is 0.00705. The number of anilines is 2. The summed E-state index contributed by atoms with van der Waals surface area (Å²) in [4.78, 5) is 38.2. The summed E-state index contributed by atoms with van der Waals surface area (Å²) in [6.07, 6.45) is 0.00705. The van der Waals surface area contributed by atoms with E-state index in [1.807, 2.05) is 0 Å². The number of benzene rings is 2. The average Bonchev–Trinajstić information content (AvgIpc) is 3.08. The van der Waals surface area contributed by atoms with Gasteiger partial charge in [0.2, 0.25) is 5.91 Å². The van der Waals surface area contributed by atoms with E-state index < -0.39 is 24.4 Å². The normalized spacial score (nSPS) is 16.1. The molecule has 0 aromatic heterocycles. The quantitative estimate of drug-likeness (QED) is 0.610. The van der Waals surface area contributed by atoms with E-state index in [9.17, 15) is 14.4 Å². The predicted molar refractivity (Wildman–Crippen MR) is 115 cm³/mol. The predicted octanol–water partition coefficient (Wildman–Crippen LogP) is 4.60. The minimum atomic E-state index is -0.657. The molecule has 152 valence electrons. The van der Waals surface area contributed by atoms with Crippen LogP contribution in [0.25, 0.3) is 0 Å². The number of rotatable bonds is 5. The molecule has 0 unspecified atom stereocenters. The number of nitrogens with one attached hydrogen (secondary N) is 1. The highest BCUT2D eigenvalue weighted by Gasteiger charge is 2.37. The molecule has 9 heteroatoms. The number of carbonyl (C=O) groups is 3. The molecule has 1 N–H and O–H groups in total. The van der Waals surface area contributed by atoms with E-state index in [2.05, 4.69) is 21.2 Å². The maximum atomic E-state index is 12.3. The van der Waals surface area contributed by atoms with E-state index in [0.29, 0.717) is 27.0 Å². The van der Waals surface area contributed by atoms with Gasteiger partial charge in [-0.2, -0.15) is 0 Å². The molecule has 0 saturated carbocycles. The lowest BCUT2D eigenvalue weighted by atomic mass is 10.1. The first-order valence-corrected chi connectivity index (χ1v) is 10.3. The van der Waals surface area contributed by atoms with Crippen molar-refractivity contribution < 1.29 is 19.1 Å². The molecule has 2 aromatic rings. The summed E-state index contributed by atoms with van der Waals surface area (Å²) in [5.74, 6) is -1.97. The van der Waals surface area contributed by atoms with Crippen molar-refractivity contribution in [2.75, 3.05) is 23.4 Å². The molecule has 1 saturated heterocycles. The summed E-state index contributed by atoms with van der Waals surface area (Å²) in [5, 5.41) is 3.58. The number of esters is 1. The van der Waals surface area contributed by atoms with E-state index in [1.54, 1.807) is 43.3 Å². The number of hydrogen-bond acceptors (Lipinski definition) is 4. The van der Waals surface area contributed by atoms with Crippen molar-refractivity contribution in [1.82, 2.24) is 0 Å². The first-order chi connectivity index (χ1) is 13.8. The van der Waals surface area contributed by atoms with Crippen LogP contribution in [0.1, 0.15) is 12.0 Å². The van der Waals surface area contributed by atoms with E-state index in [1.165, 1.54) is 4.90 Å². The number of carbonyl (C=O) groups excluding carboxylic acids is 3. The standard InChI is InChI=1S/C20H17BrCl2N2O4/c1-11-15(7-6-13(21)19(11)23)24-17(26)10-29-20(28)12-8-18(27)25(9-12)16-5-3-2-4-14(16)22/h2-7,12H,8-10H2,1H3,(H,24,26)/t12-/m0/s1. The highest BCUT2D eigenvalue weighted by atomic mass is 79.9. The first kappa shape index (κ1) is 21.6. The Balaban J connectivity index is 1.56. The van der Waals surface area contributed by atoms with E-state index in [4.69, 9.17) is 27.9 Å².